The van der Waals surface area contributed by atoms with E-state index in [1.54, 1.807) is 48.5 Å². The summed E-state index contributed by atoms with van der Waals surface area (Å²) in [6, 6.07) is 18.4. The van der Waals surface area contributed by atoms with Crippen LogP contribution in [0.5, 0.6) is 11.5 Å². The zero-order valence-electron chi connectivity index (χ0n) is 18.5. The van der Waals surface area contributed by atoms with Crippen LogP contribution in [0.3, 0.4) is 0 Å². The van der Waals surface area contributed by atoms with Gasteiger partial charge in [-0.2, -0.15) is 5.26 Å². The Kier molecular flexibility index (Phi) is 9.00. The van der Waals surface area contributed by atoms with E-state index in [2.05, 4.69) is 37.2 Å². The Balaban J connectivity index is 1.81. The molecule has 1 amide bonds. The quantitative estimate of drug-likeness (QED) is 0.127. The van der Waals surface area contributed by atoms with Gasteiger partial charge in [-0.15, -0.1) is 0 Å². The van der Waals surface area contributed by atoms with E-state index in [0.29, 0.717) is 33.8 Å². The molecule has 178 valence electrons. The van der Waals surface area contributed by atoms with Crippen LogP contribution in [0.25, 0.3) is 6.08 Å². The number of hydrogen-bond donors (Lipinski definition) is 1. The summed E-state index contributed by atoms with van der Waals surface area (Å²) in [7, 11) is 0. The number of amides is 1. The molecular weight excluding hydrogens is 582 g/mol. The number of nitro groups is 1. The lowest BCUT2D eigenvalue weighted by Crippen LogP contribution is -2.13. The number of ether oxygens (including phenoxy) is 2. The van der Waals surface area contributed by atoms with E-state index in [4.69, 9.17) is 9.47 Å². The van der Waals surface area contributed by atoms with Crippen LogP contribution in [-0.2, 0) is 11.4 Å². The summed E-state index contributed by atoms with van der Waals surface area (Å²) >= 11 is 6.80. The Morgan fingerprint density at radius 3 is 2.34 bits per heavy atom. The molecule has 8 nitrogen and oxygen atoms in total. The number of hydrogen-bond acceptors (Lipinski definition) is 6. The number of anilines is 1. The van der Waals surface area contributed by atoms with Crippen molar-refractivity contribution >= 4 is 55.2 Å². The molecule has 0 spiro atoms. The first-order valence-corrected chi connectivity index (χ1v) is 11.9. The maximum atomic E-state index is 12.6. The fourth-order valence-corrected chi connectivity index (χ4v) is 3.65. The summed E-state index contributed by atoms with van der Waals surface area (Å²) in [5.41, 5.74) is 1.77. The second-order valence-corrected chi connectivity index (χ2v) is 8.87. The normalized spacial score (nSPS) is 10.9. The predicted molar refractivity (Wildman–Crippen MR) is 139 cm³/mol. The van der Waals surface area contributed by atoms with E-state index < -0.39 is 10.8 Å². The van der Waals surface area contributed by atoms with Crippen LogP contribution in [-0.4, -0.2) is 17.4 Å². The van der Waals surface area contributed by atoms with Gasteiger partial charge in [-0.1, -0.05) is 31.9 Å². The minimum absolute atomic E-state index is 0.000100. The number of nitrogens with zero attached hydrogens (tertiary/aromatic N) is 2. The lowest BCUT2D eigenvalue weighted by atomic mass is 10.1. The van der Waals surface area contributed by atoms with Crippen LogP contribution in [0, 0.1) is 21.4 Å². The topological polar surface area (TPSA) is 114 Å². The Bertz CT molecular complexity index is 1300. The molecule has 0 aliphatic heterocycles. The van der Waals surface area contributed by atoms with Crippen molar-refractivity contribution in [2.75, 3.05) is 11.9 Å². The van der Waals surface area contributed by atoms with Crippen molar-refractivity contribution in [3.8, 4) is 17.6 Å². The molecule has 0 heterocycles. The Hall–Kier alpha value is -3.68. The van der Waals surface area contributed by atoms with Gasteiger partial charge in [0.05, 0.1) is 11.5 Å². The highest BCUT2D eigenvalue weighted by atomic mass is 79.9. The number of benzene rings is 3. The molecule has 10 heteroatoms. The second-order valence-electron chi connectivity index (χ2n) is 7.10. The fourth-order valence-electron chi connectivity index (χ4n) is 2.95. The van der Waals surface area contributed by atoms with Crippen molar-refractivity contribution in [3.05, 3.63) is 96.4 Å². The van der Waals surface area contributed by atoms with Crippen molar-refractivity contribution in [1.82, 2.24) is 0 Å². The first kappa shape index (κ1) is 25.9. The maximum Gasteiger partial charge on any atom is 0.269 e. The molecule has 0 aromatic heterocycles. The molecule has 0 bridgehead atoms. The maximum absolute atomic E-state index is 12.6. The average Bonchev–Trinajstić information content (AvgIpc) is 2.84. The monoisotopic (exact) mass is 599 g/mol. The third-order valence-corrected chi connectivity index (χ3v) is 5.89. The molecule has 0 aliphatic rings. The molecule has 3 aromatic carbocycles. The molecule has 0 aliphatic carbocycles. The van der Waals surface area contributed by atoms with Gasteiger partial charge in [-0.25, -0.2) is 0 Å². The highest BCUT2D eigenvalue weighted by molar-refractivity contribution is 9.10. The third kappa shape index (κ3) is 7.15. The van der Waals surface area contributed by atoms with Gasteiger partial charge in [-0.05, 0) is 72.7 Å². The second kappa shape index (κ2) is 12.1. The lowest BCUT2D eigenvalue weighted by molar-refractivity contribution is -0.384. The molecule has 0 radical (unpaired) electrons. The molecule has 0 saturated carbocycles. The summed E-state index contributed by atoms with van der Waals surface area (Å²) in [5.74, 6) is 0.319. The standard InChI is InChI=1S/C25H19Br2N3O5/c1-2-34-23-12-17(11-18(14-28)25(31)29-20-7-5-19(26)6-8-20)22(27)13-24(23)35-15-16-3-9-21(10-4-16)30(32)33/h3-13H,2,15H2,1H3,(H,29,31)/b18-11+. The van der Waals surface area contributed by atoms with Crippen LogP contribution in [0.1, 0.15) is 18.1 Å². The number of halogens is 2. The highest BCUT2D eigenvalue weighted by Gasteiger charge is 2.15. The van der Waals surface area contributed by atoms with Crippen LogP contribution < -0.4 is 14.8 Å². The van der Waals surface area contributed by atoms with Crippen molar-refractivity contribution in [2.45, 2.75) is 13.5 Å². The van der Waals surface area contributed by atoms with Gasteiger partial charge in [0, 0.05) is 26.8 Å². The molecule has 0 atom stereocenters. The molecule has 35 heavy (non-hydrogen) atoms. The Morgan fingerprint density at radius 1 is 1.09 bits per heavy atom. The number of nitriles is 1. The minimum atomic E-state index is -0.543. The summed E-state index contributed by atoms with van der Waals surface area (Å²) < 4.78 is 13.0. The van der Waals surface area contributed by atoms with Gasteiger partial charge in [0.25, 0.3) is 11.6 Å². The molecule has 1 N–H and O–H groups in total. The fraction of sp³-hybridized carbons (Fsp3) is 0.120. The summed E-state index contributed by atoms with van der Waals surface area (Å²) in [6.45, 7) is 2.36. The largest absolute Gasteiger partial charge is 0.490 e. The lowest BCUT2D eigenvalue weighted by Gasteiger charge is -2.14. The van der Waals surface area contributed by atoms with E-state index >= 15 is 0 Å². The minimum Gasteiger partial charge on any atom is -0.490 e. The average molecular weight is 601 g/mol. The van der Waals surface area contributed by atoms with Crippen molar-refractivity contribution in [3.63, 3.8) is 0 Å². The molecular formula is C25H19Br2N3O5. The van der Waals surface area contributed by atoms with Crippen molar-refractivity contribution in [1.29, 1.82) is 5.26 Å². The number of non-ortho nitro benzene ring substituents is 1. The van der Waals surface area contributed by atoms with E-state index in [-0.39, 0.29) is 17.9 Å². The molecule has 0 fully saturated rings. The Morgan fingerprint density at radius 2 is 1.74 bits per heavy atom. The van der Waals surface area contributed by atoms with Crippen molar-refractivity contribution in [2.24, 2.45) is 0 Å². The van der Waals surface area contributed by atoms with Gasteiger partial charge in [0.2, 0.25) is 0 Å². The van der Waals surface area contributed by atoms with Gasteiger partial charge in [0.1, 0.15) is 18.2 Å². The van der Waals surface area contributed by atoms with E-state index in [1.807, 2.05) is 13.0 Å². The highest BCUT2D eigenvalue weighted by Crippen LogP contribution is 2.35. The number of carbonyl (C=O) groups is 1. The van der Waals surface area contributed by atoms with E-state index in [1.165, 1.54) is 18.2 Å². The number of carbonyl (C=O) groups excluding carboxylic acids is 1. The first-order chi connectivity index (χ1) is 16.8. The smallest absolute Gasteiger partial charge is 0.269 e. The summed E-state index contributed by atoms with van der Waals surface area (Å²) in [6.07, 6.45) is 1.46. The van der Waals surface area contributed by atoms with Gasteiger partial charge in [-0.3, -0.25) is 14.9 Å². The zero-order chi connectivity index (χ0) is 25.4. The number of rotatable bonds is 9. The summed E-state index contributed by atoms with van der Waals surface area (Å²) in [5, 5.41) is 23.1. The van der Waals surface area contributed by atoms with Crippen LogP contribution in [0.4, 0.5) is 11.4 Å². The first-order valence-electron chi connectivity index (χ1n) is 10.3. The van der Waals surface area contributed by atoms with Gasteiger partial charge >= 0.3 is 0 Å². The molecule has 0 unspecified atom stereocenters. The van der Waals surface area contributed by atoms with E-state index in [0.717, 1.165) is 10.0 Å². The molecule has 3 rings (SSSR count). The zero-order valence-corrected chi connectivity index (χ0v) is 21.6. The van der Waals surface area contributed by atoms with Crippen molar-refractivity contribution < 1.29 is 19.2 Å². The van der Waals surface area contributed by atoms with Crippen LogP contribution in [0.2, 0.25) is 0 Å². The van der Waals surface area contributed by atoms with Gasteiger partial charge < -0.3 is 14.8 Å². The SMILES string of the molecule is CCOc1cc(/C=C(\C#N)C(=O)Nc2ccc(Br)cc2)c(Br)cc1OCc1ccc([N+](=O)[O-])cc1. The third-order valence-electron chi connectivity index (χ3n) is 4.67. The number of nitrogens with one attached hydrogen (secondary N) is 1. The van der Waals surface area contributed by atoms with Crippen LogP contribution >= 0.6 is 31.9 Å². The number of nitro benzene ring substituents is 1. The van der Waals surface area contributed by atoms with Gasteiger partial charge in [0.15, 0.2) is 11.5 Å². The molecule has 3 aromatic rings. The Labute approximate surface area is 218 Å². The summed E-state index contributed by atoms with van der Waals surface area (Å²) in [4.78, 5) is 23.0. The van der Waals surface area contributed by atoms with E-state index in [9.17, 15) is 20.2 Å². The molecule has 0 saturated heterocycles. The predicted octanol–water partition coefficient (Wildman–Crippen LogP) is 6.64. The van der Waals surface area contributed by atoms with Crippen LogP contribution in [0.15, 0.2) is 75.2 Å².